The monoisotopic (exact) mass is 288 g/mol. The summed E-state index contributed by atoms with van der Waals surface area (Å²) >= 11 is 0. The van der Waals surface area contributed by atoms with Gasteiger partial charge in [-0.05, 0) is 25.7 Å². The summed E-state index contributed by atoms with van der Waals surface area (Å²) in [6.45, 7) is 3.83. The smallest absolute Gasteiger partial charge is 0.309 e. The van der Waals surface area contributed by atoms with E-state index in [9.17, 15) is 18.3 Å². The van der Waals surface area contributed by atoms with Crippen LogP contribution in [0.4, 0.5) is 0 Å². The molecule has 0 aliphatic carbocycles. The molecule has 108 valence electrons. The number of nitriles is 1. The Labute approximate surface area is 114 Å². The zero-order valence-electron chi connectivity index (χ0n) is 11.3. The summed E-state index contributed by atoms with van der Waals surface area (Å²) in [7, 11) is -3.63. The van der Waals surface area contributed by atoms with Crippen molar-refractivity contribution in [3.63, 3.8) is 0 Å². The van der Waals surface area contributed by atoms with E-state index in [1.54, 1.807) is 13.0 Å². The van der Waals surface area contributed by atoms with Crippen molar-refractivity contribution in [2.75, 3.05) is 13.1 Å². The maximum Gasteiger partial charge on any atom is 0.309 e. The zero-order valence-corrected chi connectivity index (χ0v) is 12.1. The largest absolute Gasteiger partial charge is 0.481 e. The highest BCUT2D eigenvalue weighted by molar-refractivity contribution is 7.90. The Morgan fingerprint density at radius 2 is 1.95 bits per heavy atom. The van der Waals surface area contributed by atoms with Crippen molar-refractivity contribution in [2.45, 2.75) is 44.8 Å². The summed E-state index contributed by atoms with van der Waals surface area (Å²) in [5.74, 6) is -0.862. The van der Waals surface area contributed by atoms with E-state index in [-0.39, 0.29) is 19.5 Å². The molecule has 1 heterocycles. The van der Waals surface area contributed by atoms with Gasteiger partial charge in [0, 0.05) is 13.1 Å². The third kappa shape index (κ3) is 2.90. The summed E-state index contributed by atoms with van der Waals surface area (Å²) in [5, 5.41) is 17.1. The lowest BCUT2D eigenvalue weighted by Gasteiger charge is -2.38. The molecule has 0 amide bonds. The van der Waals surface area contributed by atoms with E-state index in [1.807, 2.05) is 6.92 Å². The van der Waals surface area contributed by atoms with Gasteiger partial charge in [-0.2, -0.15) is 5.26 Å². The molecule has 1 saturated heterocycles. The molecule has 6 nitrogen and oxygen atoms in total. The van der Waals surface area contributed by atoms with E-state index in [0.717, 1.165) is 0 Å². The van der Waals surface area contributed by atoms with E-state index in [1.165, 1.54) is 4.31 Å². The normalized spacial score (nSPS) is 21.5. The average Bonchev–Trinajstić information content (AvgIpc) is 2.39. The van der Waals surface area contributed by atoms with Crippen molar-refractivity contribution in [1.82, 2.24) is 4.31 Å². The van der Waals surface area contributed by atoms with Crippen LogP contribution in [0.25, 0.3) is 0 Å². The predicted molar refractivity (Wildman–Crippen MR) is 69.8 cm³/mol. The molecule has 0 saturated carbocycles. The highest BCUT2D eigenvalue weighted by Gasteiger charge is 2.43. The van der Waals surface area contributed by atoms with Crippen molar-refractivity contribution in [2.24, 2.45) is 5.41 Å². The van der Waals surface area contributed by atoms with Gasteiger partial charge in [-0.25, -0.2) is 12.7 Å². The second-order valence-electron chi connectivity index (χ2n) is 4.91. The molecule has 1 aliphatic heterocycles. The van der Waals surface area contributed by atoms with Crippen LogP contribution in [0.1, 0.15) is 39.5 Å². The van der Waals surface area contributed by atoms with Gasteiger partial charge in [0.15, 0.2) is 5.25 Å². The first-order valence-corrected chi connectivity index (χ1v) is 7.96. The van der Waals surface area contributed by atoms with Crippen molar-refractivity contribution in [3.05, 3.63) is 0 Å². The molecule has 1 fully saturated rings. The standard InChI is InChI=1S/C12H20N2O4S/c1-3-10(9-13)19(17,18)14-7-5-12(4-2,6-8-14)11(15)16/h10H,3-8H2,1-2H3,(H,15,16). The third-order valence-corrected chi connectivity index (χ3v) is 6.29. The van der Waals surface area contributed by atoms with E-state index in [4.69, 9.17) is 5.26 Å². The minimum atomic E-state index is -3.63. The average molecular weight is 288 g/mol. The Kier molecular flexibility index (Phi) is 4.93. The van der Waals surface area contributed by atoms with Crippen LogP contribution in [-0.2, 0) is 14.8 Å². The van der Waals surface area contributed by atoms with Crippen molar-refractivity contribution in [3.8, 4) is 6.07 Å². The Hall–Kier alpha value is -1.13. The molecule has 0 spiro atoms. The molecule has 19 heavy (non-hydrogen) atoms. The first-order valence-electron chi connectivity index (χ1n) is 6.46. The number of hydrogen-bond donors (Lipinski definition) is 1. The Bertz CT molecular complexity index is 472. The molecule has 1 aliphatic rings. The number of aliphatic carboxylic acids is 1. The summed E-state index contributed by atoms with van der Waals surface area (Å²) in [6.07, 6.45) is 1.35. The van der Waals surface area contributed by atoms with Crippen LogP contribution >= 0.6 is 0 Å². The predicted octanol–water partition coefficient (Wildman–Crippen LogP) is 1.20. The molecule has 0 aromatic rings. The fraction of sp³-hybridized carbons (Fsp3) is 0.833. The highest BCUT2D eigenvalue weighted by atomic mass is 32.2. The summed E-state index contributed by atoms with van der Waals surface area (Å²) in [4.78, 5) is 11.3. The number of carboxylic acid groups (broad SMARTS) is 1. The van der Waals surface area contributed by atoms with Crippen molar-refractivity contribution < 1.29 is 18.3 Å². The van der Waals surface area contributed by atoms with E-state index < -0.39 is 26.7 Å². The number of hydrogen-bond acceptors (Lipinski definition) is 4. The second-order valence-corrected chi connectivity index (χ2v) is 7.02. The van der Waals surface area contributed by atoms with Crippen molar-refractivity contribution in [1.29, 1.82) is 5.26 Å². The van der Waals surface area contributed by atoms with Gasteiger partial charge in [-0.3, -0.25) is 4.79 Å². The van der Waals surface area contributed by atoms with Gasteiger partial charge in [0.25, 0.3) is 0 Å². The fourth-order valence-corrected chi connectivity index (χ4v) is 4.04. The van der Waals surface area contributed by atoms with Gasteiger partial charge in [-0.1, -0.05) is 13.8 Å². The van der Waals surface area contributed by atoms with Crippen LogP contribution in [-0.4, -0.2) is 42.1 Å². The highest BCUT2D eigenvalue weighted by Crippen LogP contribution is 2.36. The van der Waals surface area contributed by atoms with Crippen LogP contribution in [0.2, 0.25) is 0 Å². The zero-order chi connectivity index (χ0) is 14.7. The minimum Gasteiger partial charge on any atom is -0.481 e. The number of carboxylic acids is 1. The van der Waals surface area contributed by atoms with E-state index >= 15 is 0 Å². The third-order valence-electron chi connectivity index (χ3n) is 4.04. The quantitative estimate of drug-likeness (QED) is 0.819. The Balaban J connectivity index is 2.85. The molecule has 0 bridgehead atoms. The number of nitrogens with zero attached hydrogens (tertiary/aromatic N) is 2. The van der Waals surface area contributed by atoms with Gasteiger partial charge in [0.2, 0.25) is 10.0 Å². The summed E-state index contributed by atoms with van der Waals surface area (Å²) in [6, 6.07) is 1.80. The lowest BCUT2D eigenvalue weighted by Crippen LogP contribution is -2.48. The van der Waals surface area contributed by atoms with Gasteiger partial charge >= 0.3 is 5.97 Å². The minimum absolute atomic E-state index is 0.181. The van der Waals surface area contributed by atoms with Crippen LogP contribution in [0, 0.1) is 16.7 Å². The number of piperidine rings is 1. The number of sulfonamides is 1. The first kappa shape index (κ1) is 15.9. The van der Waals surface area contributed by atoms with Crippen LogP contribution < -0.4 is 0 Å². The molecular weight excluding hydrogens is 268 g/mol. The van der Waals surface area contributed by atoms with Crippen LogP contribution in [0.15, 0.2) is 0 Å². The molecule has 0 aromatic carbocycles. The van der Waals surface area contributed by atoms with Crippen molar-refractivity contribution >= 4 is 16.0 Å². The van der Waals surface area contributed by atoms with Crippen LogP contribution in [0.5, 0.6) is 0 Å². The number of carbonyl (C=O) groups is 1. The summed E-state index contributed by atoms with van der Waals surface area (Å²) < 4.78 is 25.6. The maximum atomic E-state index is 12.2. The topological polar surface area (TPSA) is 98.5 Å². The van der Waals surface area contributed by atoms with E-state index in [0.29, 0.717) is 19.3 Å². The second kappa shape index (κ2) is 5.88. The van der Waals surface area contributed by atoms with Gasteiger partial charge in [0.1, 0.15) is 0 Å². The Morgan fingerprint density at radius 3 is 2.26 bits per heavy atom. The Morgan fingerprint density at radius 1 is 1.42 bits per heavy atom. The van der Waals surface area contributed by atoms with Gasteiger partial charge in [0.05, 0.1) is 11.5 Å². The molecule has 1 rings (SSSR count). The summed E-state index contributed by atoms with van der Waals surface area (Å²) in [5.41, 5.74) is -0.819. The van der Waals surface area contributed by atoms with Crippen LogP contribution in [0.3, 0.4) is 0 Å². The molecular formula is C12H20N2O4S. The molecule has 0 radical (unpaired) electrons. The SMILES string of the molecule is CCC(C#N)S(=O)(=O)N1CCC(CC)(C(=O)O)CC1. The van der Waals surface area contributed by atoms with E-state index in [2.05, 4.69) is 0 Å². The molecule has 0 aromatic heterocycles. The molecule has 7 heteroatoms. The van der Waals surface area contributed by atoms with Gasteiger partial charge in [-0.15, -0.1) is 0 Å². The lowest BCUT2D eigenvalue weighted by atomic mass is 9.77. The maximum absolute atomic E-state index is 12.2. The first-order chi connectivity index (χ1) is 8.84. The molecule has 1 unspecified atom stereocenters. The number of rotatable bonds is 5. The molecule has 1 N–H and O–H groups in total. The van der Waals surface area contributed by atoms with Gasteiger partial charge < -0.3 is 5.11 Å². The molecule has 1 atom stereocenters. The lowest BCUT2D eigenvalue weighted by molar-refractivity contribution is -0.151. The fourth-order valence-electron chi connectivity index (χ4n) is 2.44.